The third-order valence-corrected chi connectivity index (χ3v) is 4.90. The summed E-state index contributed by atoms with van der Waals surface area (Å²) in [5.74, 6) is 0.148. The van der Waals surface area contributed by atoms with Crippen molar-refractivity contribution in [3.63, 3.8) is 0 Å². The zero-order valence-corrected chi connectivity index (χ0v) is 12.4. The minimum Gasteiger partial charge on any atom is -0.481 e. The SMILES string of the molecule is O=C(O)C1CCCC1CNCc1cc(-c2cccs2)on1. The van der Waals surface area contributed by atoms with E-state index in [0.717, 1.165) is 42.1 Å². The van der Waals surface area contributed by atoms with Crippen LogP contribution >= 0.6 is 11.3 Å². The number of nitrogens with one attached hydrogen (secondary N) is 1. The Labute approximate surface area is 127 Å². The maximum atomic E-state index is 11.1. The second-order valence-electron chi connectivity index (χ2n) is 5.43. The molecule has 0 bridgehead atoms. The molecule has 0 aromatic carbocycles. The topological polar surface area (TPSA) is 75.4 Å². The van der Waals surface area contributed by atoms with Crippen LogP contribution in [0.15, 0.2) is 28.1 Å². The first kappa shape index (κ1) is 14.3. The summed E-state index contributed by atoms with van der Waals surface area (Å²) < 4.78 is 5.32. The van der Waals surface area contributed by atoms with E-state index < -0.39 is 5.97 Å². The zero-order valence-electron chi connectivity index (χ0n) is 11.6. The van der Waals surface area contributed by atoms with Crippen LogP contribution in [-0.2, 0) is 11.3 Å². The van der Waals surface area contributed by atoms with Gasteiger partial charge in [0.1, 0.15) is 0 Å². The van der Waals surface area contributed by atoms with Gasteiger partial charge in [-0.1, -0.05) is 17.6 Å². The first-order chi connectivity index (χ1) is 10.2. The van der Waals surface area contributed by atoms with Gasteiger partial charge >= 0.3 is 5.97 Å². The fourth-order valence-corrected chi connectivity index (χ4v) is 3.60. The molecule has 2 aromatic rings. The van der Waals surface area contributed by atoms with Crippen molar-refractivity contribution in [2.75, 3.05) is 6.54 Å². The number of hydrogen-bond donors (Lipinski definition) is 2. The van der Waals surface area contributed by atoms with Crippen LogP contribution in [0.3, 0.4) is 0 Å². The van der Waals surface area contributed by atoms with Gasteiger partial charge in [-0.2, -0.15) is 0 Å². The Bertz CT molecular complexity index is 594. The Balaban J connectivity index is 1.51. The highest BCUT2D eigenvalue weighted by atomic mass is 32.1. The van der Waals surface area contributed by atoms with Gasteiger partial charge in [0.15, 0.2) is 5.76 Å². The maximum Gasteiger partial charge on any atom is 0.306 e. The van der Waals surface area contributed by atoms with Gasteiger partial charge in [-0.15, -0.1) is 11.3 Å². The quantitative estimate of drug-likeness (QED) is 0.858. The molecule has 112 valence electrons. The van der Waals surface area contributed by atoms with Crippen molar-refractivity contribution in [2.24, 2.45) is 11.8 Å². The number of nitrogens with zero attached hydrogens (tertiary/aromatic N) is 1. The molecule has 1 fully saturated rings. The van der Waals surface area contributed by atoms with E-state index in [1.807, 2.05) is 23.6 Å². The molecule has 5 nitrogen and oxygen atoms in total. The number of carbonyl (C=O) groups is 1. The highest BCUT2D eigenvalue weighted by molar-refractivity contribution is 7.13. The molecule has 21 heavy (non-hydrogen) atoms. The summed E-state index contributed by atoms with van der Waals surface area (Å²) >= 11 is 1.62. The molecule has 0 saturated heterocycles. The van der Waals surface area contributed by atoms with Crippen molar-refractivity contribution >= 4 is 17.3 Å². The number of aliphatic carboxylic acids is 1. The van der Waals surface area contributed by atoms with Crippen LogP contribution in [-0.4, -0.2) is 22.8 Å². The zero-order chi connectivity index (χ0) is 14.7. The van der Waals surface area contributed by atoms with Crippen LogP contribution in [0, 0.1) is 11.8 Å². The van der Waals surface area contributed by atoms with Crippen LogP contribution in [0.1, 0.15) is 25.0 Å². The van der Waals surface area contributed by atoms with Crippen molar-refractivity contribution in [1.82, 2.24) is 10.5 Å². The van der Waals surface area contributed by atoms with E-state index in [9.17, 15) is 4.79 Å². The Kier molecular flexibility index (Phi) is 4.36. The van der Waals surface area contributed by atoms with E-state index in [4.69, 9.17) is 9.63 Å². The minimum atomic E-state index is -0.666. The van der Waals surface area contributed by atoms with E-state index in [2.05, 4.69) is 10.5 Å². The number of carboxylic acids is 1. The molecule has 0 spiro atoms. The lowest BCUT2D eigenvalue weighted by Gasteiger charge is -2.15. The maximum absolute atomic E-state index is 11.1. The summed E-state index contributed by atoms with van der Waals surface area (Å²) in [6, 6.07) is 5.91. The van der Waals surface area contributed by atoms with E-state index in [1.54, 1.807) is 11.3 Å². The molecule has 0 aliphatic heterocycles. The van der Waals surface area contributed by atoms with E-state index in [0.29, 0.717) is 6.54 Å². The molecule has 0 radical (unpaired) electrons. The molecule has 3 rings (SSSR count). The Morgan fingerprint density at radius 2 is 2.43 bits per heavy atom. The van der Waals surface area contributed by atoms with E-state index in [-0.39, 0.29) is 11.8 Å². The van der Waals surface area contributed by atoms with Crippen LogP contribution in [0.25, 0.3) is 10.6 Å². The molecular weight excluding hydrogens is 288 g/mol. The van der Waals surface area contributed by atoms with Crippen LogP contribution in [0.4, 0.5) is 0 Å². The molecule has 2 unspecified atom stereocenters. The summed E-state index contributed by atoms with van der Waals surface area (Å²) in [5.41, 5.74) is 0.850. The Morgan fingerprint density at radius 1 is 1.52 bits per heavy atom. The number of thiophene rings is 1. The molecule has 1 saturated carbocycles. The van der Waals surface area contributed by atoms with Gasteiger partial charge < -0.3 is 14.9 Å². The van der Waals surface area contributed by atoms with Gasteiger partial charge in [0.25, 0.3) is 0 Å². The Morgan fingerprint density at radius 3 is 3.19 bits per heavy atom. The summed E-state index contributed by atoms with van der Waals surface area (Å²) in [7, 11) is 0. The summed E-state index contributed by atoms with van der Waals surface area (Å²) in [5, 5.41) is 18.5. The average molecular weight is 306 g/mol. The smallest absolute Gasteiger partial charge is 0.306 e. The van der Waals surface area contributed by atoms with Crippen molar-refractivity contribution in [3.8, 4) is 10.6 Å². The number of carboxylic acid groups (broad SMARTS) is 1. The molecular formula is C15H18N2O3S. The van der Waals surface area contributed by atoms with E-state index >= 15 is 0 Å². The highest BCUT2D eigenvalue weighted by Crippen LogP contribution is 2.31. The van der Waals surface area contributed by atoms with Crippen LogP contribution < -0.4 is 5.32 Å². The van der Waals surface area contributed by atoms with Crippen LogP contribution in [0.5, 0.6) is 0 Å². The average Bonchev–Trinajstić information content (AvgIpc) is 3.20. The predicted molar refractivity (Wildman–Crippen MR) is 80.0 cm³/mol. The standard InChI is InChI=1S/C15H18N2O3S/c18-15(19)12-4-1-3-10(12)8-16-9-11-7-13(20-17-11)14-5-2-6-21-14/h2,5-7,10,12,16H,1,3-4,8-9H2,(H,18,19). The second kappa shape index (κ2) is 6.41. The Hall–Kier alpha value is -1.66. The molecule has 2 heterocycles. The summed E-state index contributed by atoms with van der Waals surface area (Å²) in [4.78, 5) is 12.2. The fraction of sp³-hybridized carbons (Fsp3) is 0.467. The molecule has 2 aromatic heterocycles. The predicted octanol–water partition coefficient (Wildman–Crippen LogP) is 2.99. The van der Waals surface area contributed by atoms with Gasteiger partial charge in [0, 0.05) is 12.6 Å². The van der Waals surface area contributed by atoms with Crippen LogP contribution in [0.2, 0.25) is 0 Å². The minimum absolute atomic E-state index is 0.198. The molecule has 2 N–H and O–H groups in total. The van der Waals surface area contributed by atoms with Crippen molar-refractivity contribution < 1.29 is 14.4 Å². The molecule has 0 amide bonds. The lowest BCUT2D eigenvalue weighted by molar-refractivity contribution is -0.142. The first-order valence-electron chi connectivity index (χ1n) is 7.17. The first-order valence-corrected chi connectivity index (χ1v) is 8.05. The third-order valence-electron chi connectivity index (χ3n) is 4.01. The fourth-order valence-electron chi connectivity index (χ4n) is 2.92. The molecule has 2 atom stereocenters. The van der Waals surface area contributed by atoms with Gasteiger partial charge in [0.05, 0.1) is 16.5 Å². The lowest BCUT2D eigenvalue weighted by Crippen LogP contribution is -2.28. The summed E-state index contributed by atoms with van der Waals surface area (Å²) in [6.45, 7) is 1.33. The number of hydrogen-bond acceptors (Lipinski definition) is 5. The lowest BCUT2D eigenvalue weighted by atomic mass is 9.96. The molecule has 1 aliphatic rings. The molecule has 1 aliphatic carbocycles. The number of rotatable bonds is 6. The normalized spacial score (nSPS) is 21.7. The second-order valence-corrected chi connectivity index (χ2v) is 6.37. The van der Waals surface area contributed by atoms with Crippen molar-refractivity contribution in [3.05, 3.63) is 29.3 Å². The number of aromatic nitrogens is 1. The summed E-state index contributed by atoms with van der Waals surface area (Å²) in [6.07, 6.45) is 2.80. The van der Waals surface area contributed by atoms with Gasteiger partial charge in [-0.05, 0) is 36.8 Å². The third kappa shape index (κ3) is 3.33. The van der Waals surface area contributed by atoms with Crippen molar-refractivity contribution in [1.29, 1.82) is 0 Å². The largest absolute Gasteiger partial charge is 0.481 e. The molecule has 6 heteroatoms. The van der Waals surface area contributed by atoms with Gasteiger partial charge in [-0.25, -0.2) is 0 Å². The highest BCUT2D eigenvalue weighted by Gasteiger charge is 2.32. The van der Waals surface area contributed by atoms with E-state index in [1.165, 1.54) is 0 Å². The van der Waals surface area contributed by atoms with Gasteiger partial charge in [0.2, 0.25) is 0 Å². The monoisotopic (exact) mass is 306 g/mol. The van der Waals surface area contributed by atoms with Gasteiger partial charge in [-0.3, -0.25) is 4.79 Å². The van der Waals surface area contributed by atoms with Crippen molar-refractivity contribution in [2.45, 2.75) is 25.8 Å².